The lowest BCUT2D eigenvalue weighted by Crippen LogP contribution is -2.29. The van der Waals surface area contributed by atoms with Crippen molar-refractivity contribution in [2.45, 2.75) is 6.42 Å². The van der Waals surface area contributed by atoms with Crippen molar-refractivity contribution in [1.82, 2.24) is 10.6 Å². The summed E-state index contributed by atoms with van der Waals surface area (Å²) in [7, 11) is 0. The molecule has 2 bridgehead atoms. The highest BCUT2D eigenvalue weighted by Gasteiger charge is 2.19. The van der Waals surface area contributed by atoms with Crippen LogP contribution < -0.4 is 21.2 Å². The molecule has 0 fully saturated rings. The van der Waals surface area contributed by atoms with E-state index in [1.54, 1.807) is 37.3 Å². The van der Waals surface area contributed by atoms with Crippen LogP contribution in [-0.4, -0.2) is 12.6 Å². The fraction of sp³-hybridized carbons (Fsp3) is 0.0500. The van der Waals surface area contributed by atoms with Crippen LogP contribution in [0.4, 0.5) is 0 Å². The molecule has 2 heterocycles. The number of benzene rings is 1. The molecule has 1 aromatic carbocycles. The van der Waals surface area contributed by atoms with E-state index in [2.05, 4.69) is 20.6 Å². The molecule has 1 aliphatic carbocycles. The van der Waals surface area contributed by atoms with Gasteiger partial charge in [-0.2, -0.15) is 0 Å². The summed E-state index contributed by atoms with van der Waals surface area (Å²) < 4.78 is 5.69. The maximum atomic E-state index is 5.69. The van der Waals surface area contributed by atoms with E-state index in [1.807, 2.05) is 42.6 Å². The van der Waals surface area contributed by atoms with E-state index in [4.69, 9.17) is 9.73 Å². The third-order valence-electron chi connectivity index (χ3n) is 3.91. The first-order valence-electron chi connectivity index (χ1n) is 8.24. The van der Waals surface area contributed by atoms with Crippen LogP contribution in [0.2, 0.25) is 0 Å². The van der Waals surface area contributed by atoms with E-state index in [0.717, 1.165) is 33.4 Å². The van der Waals surface area contributed by atoms with Gasteiger partial charge in [-0.3, -0.25) is 4.99 Å². The number of para-hydroxylation sites is 1. The summed E-state index contributed by atoms with van der Waals surface area (Å²) in [6.07, 6.45) is 16.5. The van der Waals surface area contributed by atoms with E-state index in [-0.39, 0.29) is 0 Å². The normalized spacial score (nSPS) is 24.6. The SMILES string of the molecule is C1=NC2=CC=C3CC2=C(/N=c2/cccc/c2=C/N\C=C/N=C\C=C/O3)N1. The number of ether oxygens (including phenoxy) is 1. The Kier molecular flexibility index (Phi) is 4.56. The van der Waals surface area contributed by atoms with Crippen LogP contribution in [-0.2, 0) is 4.74 Å². The molecule has 0 unspecified atom stereocenters. The van der Waals surface area contributed by atoms with Gasteiger partial charge in [0.25, 0.3) is 0 Å². The molecule has 1 aromatic rings. The van der Waals surface area contributed by atoms with Gasteiger partial charge in [-0.1, -0.05) is 18.2 Å². The second-order valence-electron chi connectivity index (χ2n) is 5.63. The van der Waals surface area contributed by atoms with Crippen molar-refractivity contribution in [1.29, 1.82) is 0 Å². The third-order valence-corrected chi connectivity index (χ3v) is 3.91. The van der Waals surface area contributed by atoms with Gasteiger partial charge in [-0.05, 0) is 24.3 Å². The second kappa shape index (κ2) is 7.48. The van der Waals surface area contributed by atoms with Gasteiger partial charge in [0.1, 0.15) is 11.6 Å². The molecule has 3 aliphatic rings. The minimum Gasteiger partial charge on any atom is -0.469 e. The van der Waals surface area contributed by atoms with Gasteiger partial charge >= 0.3 is 0 Å². The summed E-state index contributed by atoms with van der Waals surface area (Å²) in [4.78, 5) is 13.3. The number of hydrogen-bond donors (Lipinski definition) is 2. The zero-order chi connectivity index (χ0) is 17.6. The van der Waals surface area contributed by atoms with E-state index in [1.165, 1.54) is 0 Å². The molecule has 26 heavy (non-hydrogen) atoms. The monoisotopic (exact) mass is 343 g/mol. The number of allylic oxidation sites excluding steroid dienone is 5. The molecule has 0 amide bonds. The number of nitrogens with one attached hydrogen (secondary N) is 2. The summed E-state index contributed by atoms with van der Waals surface area (Å²) in [5.41, 5.74) is 1.89. The van der Waals surface area contributed by atoms with Crippen LogP contribution in [0.5, 0.6) is 0 Å². The van der Waals surface area contributed by atoms with Crippen molar-refractivity contribution in [3.8, 4) is 0 Å². The number of rotatable bonds is 0. The van der Waals surface area contributed by atoms with E-state index >= 15 is 0 Å². The Morgan fingerprint density at radius 2 is 2.08 bits per heavy atom. The van der Waals surface area contributed by atoms with Crippen LogP contribution in [0.1, 0.15) is 6.42 Å². The molecule has 0 saturated carbocycles. The minimum atomic E-state index is 0.612. The molecule has 0 spiro atoms. The number of aliphatic imine (C=N–C) groups is 2. The molecular formula is C20H17N5O. The first kappa shape index (κ1) is 15.8. The van der Waals surface area contributed by atoms with Gasteiger partial charge < -0.3 is 15.4 Å². The van der Waals surface area contributed by atoms with Crippen molar-refractivity contribution < 1.29 is 4.74 Å². The second-order valence-corrected chi connectivity index (χ2v) is 5.63. The van der Waals surface area contributed by atoms with Crippen molar-refractivity contribution in [3.05, 3.63) is 94.6 Å². The highest BCUT2D eigenvalue weighted by Crippen LogP contribution is 2.29. The van der Waals surface area contributed by atoms with Gasteiger partial charge in [0, 0.05) is 42.0 Å². The van der Waals surface area contributed by atoms with Gasteiger partial charge in [-0.15, -0.1) is 0 Å². The van der Waals surface area contributed by atoms with E-state index < -0.39 is 0 Å². The first-order valence-corrected chi connectivity index (χ1v) is 8.24. The Bertz CT molecular complexity index is 1040. The standard InChI is InChI=1S/C20H17N5O/c1-2-5-18-15(4-1)13-22-10-9-21-8-3-11-26-16-6-7-19-17(12-16)20(25-18)24-14-23-19/h1-11,13-14,22H,12H2,(H,23,24)/b10-9-,11-3-,15-13-,21-8-,25-18-. The van der Waals surface area contributed by atoms with Crippen LogP contribution in [0.15, 0.2) is 99.0 Å². The average Bonchev–Trinajstić information content (AvgIpc) is 2.67. The van der Waals surface area contributed by atoms with Crippen molar-refractivity contribution in [3.63, 3.8) is 0 Å². The fourth-order valence-electron chi connectivity index (χ4n) is 2.67. The van der Waals surface area contributed by atoms with E-state index in [9.17, 15) is 0 Å². The van der Waals surface area contributed by atoms with Gasteiger partial charge in [-0.25, -0.2) is 9.98 Å². The van der Waals surface area contributed by atoms with Crippen molar-refractivity contribution >= 4 is 18.8 Å². The Hall–Kier alpha value is -3.67. The molecule has 2 aliphatic heterocycles. The largest absolute Gasteiger partial charge is 0.469 e. The molecule has 6 nitrogen and oxygen atoms in total. The molecule has 0 atom stereocenters. The lowest BCUT2D eigenvalue weighted by Gasteiger charge is -2.20. The zero-order valence-corrected chi connectivity index (χ0v) is 14.0. The summed E-state index contributed by atoms with van der Waals surface area (Å²) >= 11 is 0. The maximum Gasteiger partial charge on any atom is 0.137 e. The lowest BCUT2D eigenvalue weighted by atomic mass is 10.0. The highest BCUT2D eigenvalue weighted by molar-refractivity contribution is 5.71. The Morgan fingerprint density at radius 3 is 3.08 bits per heavy atom. The maximum absolute atomic E-state index is 5.69. The van der Waals surface area contributed by atoms with Crippen LogP contribution in [0.25, 0.3) is 6.20 Å². The van der Waals surface area contributed by atoms with Gasteiger partial charge in [0.05, 0.1) is 23.7 Å². The first-order chi connectivity index (χ1) is 12.9. The summed E-state index contributed by atoms with van der Waals surface area (Å²) in [5, 5.41) is 8.09. The van der Waals surface area contributed by atoms with Crippen molar-refractivity contribution in [2.24, 2.45) is 15.0 Å². The van der Waals surface area contributed by atoms with Gasteiger partial charge in [0.15, 0.2) is 0 Å². The number of fused-ring (bicyclic) bond motifs is 2. The molecule has 0 radical (unpaired) electrons. The molecule has 6 heteroatoms. The predicted molar refractivity (Wildman–Crippen MR) is 102 cm³/mol. The molecule has 4 rings (SSSR count). The predicted octanol–water partition coefficient (Wildman–Crippen LogP) is 1.73. The quantitative estimate of drug-likeness (QED) is 0.754. The lowest BCUT2D eigenvalue weighted by molar-refractivity contribution is 0.340. The van der Waals surface area contributed by atoms with Crippen molar-refractivity contribution in [2.75, 3.05) is 0 Å². The summed E-state index contributed by atoms with van der Waals surface area (Å²) in [5.74, 6) is 1.60. The topological polar surface area (TPSA) is 70.4 Å². The Labute approximate surface area is 150 Å². The van der Waals surface area contributed by atoms with E-state index in [0.29, 0.717) is 6.42 Å². The molecular weight excluding hydrogens is 326 g/mol. The Balaban J connectivity index is 1.86. The number of hydrogen-bond acceptors (Lipinski definition) is 6. The minimum absolute atomic E-state index is 0.612. The van der Waals surface area contributed by atoms with Crippen LogP contribution >= 0.6 is 0 Å². The summed E-state index contributed by atoms with van der Waals surface area (Å²) in [6.45, 7) is 0. The number of nitrogens with zero attached hydrogens (tertiary/aromatic N) is 3. The average molecular weight is 343 g/mol. The molecule has 2 N–H and O–H groups in total. The summed E-state index contributed by atoms with van der Waals surface area (Å²) in [6, 6.07) is 7.92. The van der Waals surface area contributed by atoms with Crippen LogP contribution in [0, 0.1) is 0 Å². The molecule has 128 valence electrons. The zero-order valence-electron chi connectivity index (χ0n) is 14.0. The fourth-order valence-corrected chi connectivity index (χ4v) is 2.67. The molecule has 0 saturated heterocycles. The third kappa shape index (κ3) is 3.54. The van der Waals surface area contributed by atoms with Gasteiger partial charge in [0.2, 0.25) is 0 Å². The Morgan fingerprint density at radius 1 is 1.12 bits per heavy atom. The smallest absolute Gasteiger partial charge is 0.137 e. The molecule has 0 aromatic heterocycles. The highest BCUT2D eigenvalue weighted by atomic mass is 16.5. The van der Waals surface area contributed by atoms with Crippen LogP contribution in [0.3, 0.4) is 0 Å².